The Bertz CT molecular complexity index is 405. The van der Waals surface area contributed by atoms with E-state index in [1.165, 1.54) is 0 Å². The van der Waals surface area contributed by atoms with Crippen LogP contribution >= 0.6 is 0 Å². The molecular weight excluding hydrogens is 240 g/mol. The molecule has 0 radical (unpaired) electrons. The lowest BCUT2D eigenvalue weighted by Gasteiger charge is -2.23. The SMILES string of the molecule is CC(C)(C)NC[C@H](O)c1cccc(OC(C)(C)C)n1. The number of β-amino-alcohol motifs (C(OH)–C–C–N with tert-alkyl or cyclic N) is 1. The summed E-state index contributed by atoms with van der Waals surface area (Å²) in [5.41, 5.74) is 0.305. The van der Waals surface area contributed by atoms with Crippen molar-refractivity contribution in [1.29, 1.82) is 0 Å². The normalized spacial score (nSPS) is 14.3. The topological polar surface area (TPSA) is 54.4 Å². The summed E-state index contributed by atoms with van der Waals surface area (Å²) in [6.45, 7) is 12.6. The Kier molecular flexibility index (Phi) is 4.93. The van der Waals surface area contributed by atoms with Crippen LogP contribution in [0, 0.1) is 0 Å². The number of ether oxygens (including phenoxy) is 1. The van der Waals surface area contributed by atoms with Gasteiger partial charge in [-0.25, -0.2) is 4.98 Å². The fourth-order valence-electron chi connectivity index (χ4n) is 1.49. The predicted molar refractivity (Wildman–Crippen MR) is 77.3 cm³/mol. The van der Waals surface area contributed by atoms with Crippen LogP contribution in [0.3, 0.4) is 0 Å². The molecule has 0 aliphatic carbocycles. The number of aliphatic hydroxyl groups excluding tert-OH is 1. The molecule has 0 aliphatic heterocycles. The van der Waals surface area contributed by atoms with E-state index in [1.54, 1.807) is 6.07 Å². The van der Waals surface area contributed by atoms with Crippen LogP contribution in [0.2, 0.25) is 0 Å². The zero-order valence-electron chi connectivity index (χ0n) is 12.8. The quantitative estimate of drug-likeness (QED) is 0.879. The van der Waals surface area contributed by atoms with Crippen molar-refractivity contribution < 1.29 is 9.84 Å². The molecule has 0 aromatic carbocycles. The lowest BCUT2D eigenvalue weighted by molar-refractivity contribution is 0.119. The van der Waals surface area contributed by atoms with E-state index in [0.29, 0.717) is 18.1 Å². The van der Waals surface area contributed by atoms with Crippen LogP contribution in [-0.4, -0.2) is 27.8 Å². The summed E-state index contributed by atoms with van der Waals surface area (Å²) in [6.07, 6.45) is -0.636. The first-order valence-corrected chi connectivity index (χ1v) is 6.66. The second-order valence-corrected chi connectivity index (χ2v) is 6.76. The number of aromatic nitrogens is 1. The van der Waals surface area contributed by atoms with Crippen molar-refractivity contribution in [2.45, 2.75) is 58.8 Å². The monoisotopic (exact) mass is 266 g/mol. The third kappa shape index (κ3) is 6.55. The molecule has 4 nitrogen and oxygen atoms in total. The smallest absolute Gasteiger partial charge is 0.214 e. The van der Waals surface area contributed by atoms with Crippen molar-refractivity contribution in [1.82, 2.24) is 10.3 Å². The fraction of sp³-hybridized carbons (Fsp3) is 0.667. The molecule has 0 spiro atoms. The third-order valence-electron chi connectivity index (χ3n) is 2.32. The molecule has 0 amide bonds. The molecule has 108 valence electrons. The highest BCUT2D eigenvalue weighted by molar-refractivity contribution is 5.18. The molecule has 1 aromatic heterocycles. The second kappa shape index (κ2) is 5.88. The van der Waals surface area contributed by atoms with E-state index in [0.717, 1.165) is 0 Å². The molecule has 0 bridgehead atoms. The summed E-state index contributed by atoms with van der Waals surface area (Å²) < 4.78 is 5.70. The van der Waals surface area contributed by atoms with Crippen LogP contribution in [0.5, 0.6) is 5.88 Å². The standard InChI is InChI=1S/C15H26N2O2/c1-14(2,3)16-10-12(18)11-8-7-9-13(17-11)19-15(4,5)6/h7-9,12,16,18H,10H2,1-6H3/t12-/m0/s1. The van der Waals surface area contributed by atoms with Gasteiger partial charge in [0.2, 0.25) is 5.88 Å². The van der Waals surface area contributed by atoms with E-state index in [4.69, 9.17) is 4.74 Å². The summed E-state index contributed by atoms with van der Waals surface area (Å²) in [4.78, 5) is 4.35. The molecule has 0 unspecified atom stereocenters. The van der Waals surface area contributed by atoms with Crippen molar-refractivity contribution in [2.24, 2.45) is 0 Å². The van der Waals surface area contributed by atoms with Gasteiger partial charge in [0.15, 0.2) is 0 Å². The van der Waals surface area contributed by atoms with Crippen molar-refractivity contribution in [3.63, 3.8) is 0 Å². The molecule has 19 heavy (non-hydrogen) atoms. The highest BCUT2D eigenvalue weighted by Gasteiger charge is 2.17. The van der Waals surface area contributed by atoms with Crippen LogP contribution in [0.15, 0.2) is 18.2 Å². The Morgan fingerprint density at radius 1 is 1.21 bits per heavy atom. The Hall–Kier alpha value is -1.13. The number of hydrogen-bond acceptors (Lipinski definition) is 4. The molecule has 0 saturated carbocycles. The van der Waals surface area contributed by atoms with Crippen LogP contribution in [0.4, 0.5) is 0 Å². The molecule has 1 heterocycles. The number of rotatable bonds is 4. The third-order valence-corrected chi connectivity index (χ3v) is 2.32. The van der Waals surface area contributed by atoms with Crippen LogP contribution in [-0.2, 0) is 0 Å². The Morgan fingerprint density at radius 3 is 2.37 bits per heavy atom. The summed E-state index contributed by atoms with van der Waals surface area (Å²) in [7, 11) is 0. The van der Waals surface area contributed by atoms with E-state index in [2.05, 4.69) is 31.1 Å². The average molecular weight is 266 g/mol. The molecule has 2 N–H and O–H groups in total. The summed E-state index contributed by atoms with van der Waals surface area (Å²) >= 11 is 0. The van der Waals surface area contributed by atoms with E-state index in [-0.39, 0.29) is 11.1 Å². The number of nitrogens with zero attached hydrogens (tertiary/aromatic N) is 1. The zero-order chi connectivity index (χ0) is 14.7. The van der Waals surface area contributed by atoms with Crippen molar-refractivity contribution in [2.75, 3.05) is 6.54 Å². The first-order chi connectivity index (χ1) is 8.57. The minimum absolute atomic E-state index is 0.0273. The van der Waals surface area contributed by atoms with Gasteiger partial charge < -0.3 is 15.2 Å². The maximum Gasteiger partial charge on any atom is 0.214 e. The van der Waals surface area contributed by atoms with Gasteiger partial charge in [-0.3, -0.25) is 0 Å². The van der Waals surface area contributed by atoms with Gasteiger partial charge in [0.25, 0.3) is 0 Å². The number of nitrogens with one attached hydrogen (secondary N) is 1. The fourth-order valence-corrected chi connectivity index (χ4v) is 1.49. The van der Waals surface area contributed by atoms with Crippen molar-refractivity contribution in [3.8, 4) is 5.88 Å². The largest absolute Gasteiger partial charge is 0.472 e. The van der Waals surface area contributed by atoms with Gasteiger partial charge in [0, 0.05) is 18.2 Å². The predicted octanol–water partition coefficient (Wildman–Crippen LogP) is 2.68. The second-order valence-electron chi connectivity index (χ2n) is 6.76. The number of hydrogen-bond donors (Lipinski definition) is 2. The van der Waals surface area contributed by atoms with Gasteiger partial charge in [0.05, 0.1) is 5.69 Å². The lowest BCUT2D eigenvalue weighted by atomic mass is 10.1. The minimum Gasteiger partial charge on any atom is -0.472 e. The number of pyridine rings is 1. The van der Waals surface area contributed by atoms with Gasteiger partial charge in [-0.15, -0.1) is 0 Å². The molecule has 0 fully saturated rings. The van der Waals surface area contributed by atoms with E-state index < -0.39 is 6.10 Å². The van der Waals surface area contributed by atoms with Crippen molar-refractivity contribution in [3.05, 3.63) is 23.9 Å². The highest BCUT2D eigenvalue weighted by atomic mass is 16.5. The van der Waals surface area contributed by atoms with Crippen LogP contribution in [0.1, 0.15) is 53.3 Å². The van der Waals surface area contributed by atoms with Crippen LogP contribution < -0.4 is 10.1 Å². The van der Waals surface area contributed by atoms with Gasteiger partial charge in [-0.2, -0.15) is 0 Å². The maximum atomic E-state index is 10.1. The molecule has 1 rings (SSSR count). The summed E-state index contributed by atoms with van der Waals surface area (Å²) in [6, 6.07) is 5.47. The summed E-state index contributed by atoms with van der Waals surface area (Å²) in [5.74, 6) is 0.541. The molecule has 0 aliphatic rings. The zero-order valence-corrected chi connectivity index (χ0v) is 12.8. The highest BCUT2D eigenvalue weighted by Crippen LogP contribution is 2.18. The first-order valence-electron chi connectivity index (χ1n) is 6.66. The van der Waals surface area contributed by atoms with Crippen molar-refractivity contribution >= 4 is 0 Å². The summed E-state index contributed by atoms with van der Waals surface area (Å²) in [5, 5.41) is 13.4. The van der Waals surface area contributed by atoms with Gasteiger partial charge in [-0.1, -0.05) is 6.07 Å². The average Bonchev–Trinajstić information content (AvgIpc) is 2.23. The Labute approximate surface area is 116 Å². The molecular formula is C15H26N2O2. The van der Waals surface area contributed by atoms with Gasteiger partial charge >= 0.3 is 0 Å². The Balaban J connectivity index is 2.70. The molecule has 0 saturated heterocycles. The van der Waals surface area contributed by atoms with Gasteiger partial charge in [-0.05, 0) is 47.6 Å². The lowest BCUT2D eigenvalue weighted by Crippen LogP contribution is -2.38. The molecule has 1 aromatic rings. The molecule has 4 heteroatoms. The van der Waals surface area contributed by atoms with Gasteiger partial charge in [0.1, 0.15) is 11.7 Å². The molecule has 1 atom stereocenters. The van der Waals surface area contributed by atoms with Crippen LogP contribution in [0.25, 0.3) is 0 Å². The number of aliphatic hydroxyl groups is 1. The maximum absolute atomic E-state index is 10.1. The first kappa shape index (κ1) is 15.9. The minimum atomic E-state index is -0.636. The van der Waals surface area contributed by atoms with E-state index in [9.17, 15) is 5.11 Å². The van der Waals surface area contributed by atoms with E-state index >= 15 is 0 Å². The van der Waals surface area contributed by atoms with E-state index in [1.807, 2.05) is 32.9 Å². The Morgan fingerprint density at radius 2 is 1.84 bits per heavy atom.